The number of anilines is 2. The first-order valence-electron chi connectivity index (χ1n) is 10.7. The second-order valence-corrected chi connectivity index (χ2v) is 8.58. The normalized spacial score (nSPS) is 11.0. The Hall–Kier alpha value is -3.60. The third kappa shape index (κ3) is 5.76. The molecule has 32 heavy (non-hydrogen) atoms. The van der Waals surface area contributed by atoms with E-state index in [2.05, 4.69) is 5.32 Å². The fourth-order valence-corrected chi connectivity index (χ4v) is 3.48. The smallest absolute Gasteiger partial charge is 0.249 e. The fourth-order valence-electron chi connectivity index (χ4n) is 3.48. The Morgan fingerprint density at radius 1 is 0.781 bits per heavy atom. The van der Waals surface area contributed by atoms with E-state index in [9.17, 15) is 9.59 Å². The van der Waals surface area contributed by atoms with Crippen molar-refractivity contribution in [2.45, 2.75) is 32.4 Å². The Labute approximate surface area is 190 Å². The van der Waals surface area contributed by atoms with Crippen molar-refractivity contribution in [1.82, 2.24) is 4.90 Å². The first kappa shape index (κ1) is 23.1. The number of hydrogen-bond donors (Lipinski definition) is 1. The molecule has 1 N–H and O–H groups in total. The molecule has 0 heterocycles. The molecule has 0 saturated carbocycles. The third-order valence-electron chi connectivity index (χ3n) is 5.55. The molecular formula is C27H31N3O2. The lowest BCUT2D eigenvalue weighted by Crippen LogP contribution is -2.55. The summed E-state index contributed by atoms with van der Waals surface area (Å²) in [6, 6.07) is 27.0. The van der Waals surface area contributed by atoms with Gasteiger partial charge in [0.25, 0.3) is 0 Å². The fraction of sp³-hybridized carbons (Fsp3) is 0.259. The summed E-state index contributed by atoms with van der Waals surface area (Å²) in [5.74, 6) is -0.324. The van der Waals surface area contributed by atoms with Gasteiger partial charge in [-0.2, -0.15) is 0 Å². The van der Waals surface area contributed by atoms with E-state index in [-0.39, 0.29) is 18.2 Å². The zero-order chi connectivity index (χ0) is 23.1. The molecule has 0 fully saturated rings. The minimum Gasteiger partial charge on any atom is -0.378 e. The topological polar surface area (TPSA) is 52.7 Å². The molecule has 166 valence electrons. The maximum absolute atomic E-state index is 13.4. The maximum Gasteiger partial charge on any atom is 0.249 e. The average molecular weight is 430 g/mol. The van der Waals surface area contributed by atoms with E-state index < -0.39 is 5.54 Å². The Bertz CT molecular complexity index is 1030. The average Bonchev–Trinajstić information content (AvgIpc) is 2.79. The molecule has 0 saturated heterocycles. The Morgan fingerprint density at radius 3 is 1.84 bits per heavy atom. The zero-order valence-electron chi connectivity index (χ0n) is 19.2. The summed E-state index contributed by atoms with van der Waals surface area (Å²) >= 11 is 0. The van der Waals surface area contributed by atoms with Crippen LogP contribution in [0.5, 0.6) is 0 Å². The summed E-state index contributed by atoms with van der Waals surface area (Å²) in [7, 11) is 3.94. The van der Waals surface area contributed by atoms with Crippen LogP contribution < -0.4 is 10.2 Å². The van der Waals surface area contributed by atoms with E-state index in [1.165, 1.54) is 0 Å². The Morgan fingerprint density at radius 2 is 1.31 bits per heavy atom. The molecule has 0 aliphatic heterocycles. The van der Waals surface area contributed by atoms with Crippen LogP contribution in [-0.2, 0) is 22.6 Å². The maximum atomic E-state index is 13.4. The number of carbonyl (C=O) groups is 2. The van der Waals surface area contributed by atoms with Crippen LogP contribution in [-0.4, -0.2) is 36.3 Å². The molecule has 0 aliphatic rings. The number of benzene rings is 3. The largest absolute Gasteiger partial charge is 0.378 e. The van der Waals surface area contributed by atoms with Gasteiger partial charge in [-0.15, -0.1) is 0 Å². The van der Waals surface area contributed by atoms with Gasteiger partial charge in [0.05, 0.1) is 6.42 Å². The molecule has 2 amide bonds. The second kappa shape index (κ2) is 10.1. The van der Waals surface area contributed by atoms with Crippen molar-refractivity contribution in [1.29, 1.82) is 0 Å². The monoisotopic (exact) mass is 429 g/mol. The van der Waals surface area contributed by atoms with Gasteiger partial charge in [-0.05, 0) is 49.2 Å². The lowest BCUT2D eigenvalue weighted by atomic mass is 9.98. The summed E-state index contributed by atoms with van der Waals surface area (Å²) in [4.78, 5) is 30.4. The van der Waals surface area contributed by atoms with Crippen LogP contribution >= 0.6 is 0 Å². The molecule has 5 nitrogen and oxygen atoms in total. The molecule has 3 aromatic carbocycles. The second-order valence-electron chi connectivity index (χ2n) is 8.58. The minimum atomic E-state index is -1.05. The van der Waals surface area contributed by atoms with E-state index in [0.717, 1.165) is 16.8 Å². The van der Waals surface area contributed by atoms with Gasteiger partial charge in [0, 0.05) is 32.0 Å². The van der Waals surface area contributed by atoms with Gasteiger partial charge in [-0.3, -0.25) is 9.59 Å². The molecule has 0 spiro atoms. The summed E-state index contributed by atoms with van der Waals surface area (Å²) in [5, 5.41) is 2.98. The lowest BCUT2D eigenvalue weighted by molar-refractivity contribution is -0.144. The zero-order valence-corrected chi connectivity index (χ0v) is 19.2. The van der Waals surface area contributed by atoms with Crippen LogP contribution in [0.1, 0.15) is 25.0 Å². The molecule has 0 aliphatic carbocycles. The van der Waals surface area contributed by atoms with Gasteiger partial charge >= 0.3 is 0 Å². The van der Waals surface area contributed by atoms with Gasteiger partial charge in [0.15, 0.2) is 0 Å². The van der Waals surface area contributed by atoms with Gasteiger partial charge in [0.1, 0.15) is 5.54 Å². The molecule has 0 bridgehead atoms. The van der Waals surface area contributed by atoms with Crippen LogP contribution in [0.2, 0.25) is 0 Å². The quantitative estimate of drug-likeness (QED) is 0.563. The number of carbonyl (C=O) groups excluding carboxylic acids is 2. The Balaban J connectivity index is 1.83. The summed E-state index contributed by atoms with van der Waals surface area (Å²) < 4.78 is 0. The first-order chi connectivity index (χ1) is 15.3. The third-order valence-corrected chi connectivity index (χ3v) is 5.55. The van der Waals surface area contributed by atoms with E-state index in [0.29, 0.717) is 12.2 Å². The highest BCUT2D eigenvalue weighted by molar-refractivity contribution is 6.00. The summed E-state index contributed by atoms with van der Waals surface area (Å²) in [6.07, 6.45) is 0.238. The van der Waals surface area contributed by atoms with Crippen LogP contribution in [0.25, 0.3) is 0 Å². The molecular weight excluding hydrogens is 398 g/mol. The van der Waals surface area contributed by atoms with Crippen LogP contribution in [0.3, 0.4) is 0 Å². The predicted octanol–water partition coefficient (Wildman–Crippen LogP) is 4.74. The van der Waals surface area contributed by atoms with Crippen molar-refractivity contribution >= 4 is 23.2 Å². The van der Waals surface area contributed by atoms with E-state index in [4.69, 9.17) is 0 Å². The number of nitrogens with one attached hydrogen (secondary N) is 1. The highest BCUT2D eigenvalue weighted by Crippen LogP contribution is 2.23. The molecule has 3 aromatic rings. The van der Waals surface area contributed by atoms with E-state index in [1.54, 1.807) is 18.7 Å². The first-order valence-corrected chi connectivity index (χ1v) is 10.7. The number of amides is 2. The highest BCUT2D eigenvalue weighted by atomic mass is 16.2. The number of nitrogens with zero attached hydrogens (tertiary/aromatic N) is 2. The molecule has 3 rings (SSSR count). The van der Waals surface area contributed by atoms with Crippen LogP contribution in [0.15, 0.2) is 84.9 Å². The standard InChI is InChI=1S/C27H31N3O2/c1-27(2,26(32)28-23-15-17-24(18-16-23)29(3)4)30(20-22-13-9-6-10-14-22)25(31)19-21-11-7-5-8-12-21/h5-18H,19-20H2,1-4H3,(H,28,32). The van der Waals surface area contributed by atoms with Crippen molar-refractivity contribution in [2.24, 2.45) is 0 Å². The molecule has 0 aromatic heterocycles. The summed E-state index contributed by atoms with van der Waals surface area (Å²) in [5.41, 5.74) is 2.59. The van der Waals surface area contributed by atoms with E-state index >= 15 is 0 Å². The van der Waals surface area contributed by atoms with Crippen LogP contribution in [0, 0.1) is 0 Å². The number of hydrogen-bond acceptors (Lipinski definition) is 3. The molecule has 0 unspecified atom stereocenters. The molecule has 5 heteroatoms. The predicted molar refractivity (Wildman–Crippen MR) is 131 cm³/mol. The van der Waals surface area contributed by atoms with Crippen molar-refractivity contribution in [3.8, 4) is 0 Å². The van der Waals surface area contributed by atoms with Crippen molar-refractivity contribution in [3.63, 3.8) is 0 Å². The van der Waals surface area contributed by atoms with Gasteiger partial charge in [0.2, 0.25) is 11.8 Å². The highest BCUT2D eigenvalue weighted by Gasteiger charge is 2.37. The SMILES string of the molecule is CN(C)c1ccc(NC(=O)C(C)(C)N(Cc2ccccc2)C(=O)Cc2ccccc2)cc1. The van der Waals surface area contributed by atoms with Crippen molar-refractivity contribution < 1.29 is 9.59 Å². The van der Waals surface area contributed by atoms with E-state index in [1.807, 2.05) is 104 Å². The summed E-state index contributed by atoms with van der Waals surface area (Å²) in [6.45, 7) is 3.94. The van der Waals surface area contributed by atoms with Crippen molar-refractivity contribution in [2.75, 3.05) is 24.3 Å². The van der Waals surface area contributed by atoms with Crippen molar-refractivity contribution in [3.05, 3.63) is 96.1 Å². The van der Waals surface area contributed by atoms with Crippen LogP contribution in [0.4, 0.5) is 11.4 Å². The van der Waals surface area contributed by atoms with Gasteiger partial charge in [-0.25, -0.2) is 0 Å². The molecule has 0 atom stereocenters. The molecule has 0 radical (unpaired) electrons. The minimum absolute atomic E-state index is 0.0943. The van der Waals surface area contributed by atoms with Gasteiger partial charge in [-0.1, -0.05) is 60.7 Å². The lowest BCUT2D eigenvalue weighted by Gasteiger charge is -2.37. The number of rotatable bonds is 8. The van der Waals surface area contributed by atoms with Gasteiger partial charge < -0.3 is 15.1 Å². The Kier molecular flexibility index (Phi) is 7.31.